The van der Waals surface area contributed by atoms with Crippen LogP contribution in [0.3, 0.4) is 0 Å². The number of hydrogen-bond acceptors (Lipinski definition) is 5. The van der Waals surface area contributed by atoms with Crippen molar-refractivity contribution in [3.63, 3.8) is 0 Å². The number of nitrogens with zero attached hydrogens (tertiary/aromatic N) is 6. The van der Waals surface area contributed by atoms with Crippen molar-refractivity contribution in [3.05, 3.63) is 41.2 Å². The third-order valence-electron chi connectivity index (χ3n) is 7.00. The number of likely N-dealkylation sites (tertiary alicyclic amines) is 1. The lowest BCUT2D eigenvalue weighted by molar-refractivity contribution is -0.136. The molecule has 5 rings (SSSR count). The molecule has 2 aliphatic heterocycles. The van der Waals surface area contributed by atoms with Gasteiger partial charge in [-0.15, -0.1) is 5.10 Å². The molecule has 32 heavy (non-hydrogen) atoms. The predicted molar refractivity (Wildman–Crippen MR) is 126 cm³/mol. The molecule has 1 amide bonds. The highest BCUT2D eigenvalue weighted by Crippen LogP contribution is 2.32. The van der Waals surface area contributed by atoms with Crippen LogP contribution in [0, 0.1) is 26.7 Å². The highest BCUT2D eigenvalue weighted by molar-refractivity contribution is 5.92. The number of carbonyl (C=O) groups excluding carboxylic acids is 1. The molecular formula is C25H32N6O. The summed E-state index contributed by atoms with van der Waals surface area (Å²) in [7, 11) is 0. The molecule has 168 valence electrons. The van der Waals surface area contributed by atoms with E-state index < -0.39 is 0 Å². The zero-order valence-corrected chi connectivity index (χ0v) is 19.3. The lowest BCUT2D eigenvalue weighted by Crippen LogP contribution is -2.46. The first-order chi connectivity index (χ1) is 15.5. The van der Waals surface area contributed by atoms with Gasteiger partial charge < -0.3 is 9.80 Å². The Kier molecular flexibility index (Phi) is 5.57. The molecule has 0 N–H and O–H groups in total. The van der Waals surface area contributed by atoms with Crippen molar-refractivity contribution < 1.29 is 4.79 Å². The molecule has 0 aliphatic carbocycles. The van der Waals surface area contributed by atoms with E-state index >= 15 is 0 Å². The Labute approximate surface area is 189 Å². The van der Waals surface area contributed by atoms with Crippen molar-refractivity contribution in [3.8, 4) is 5.69 Å². The number of aryl methyl sites for hydroxylation is 3. The zero-order valence-electron chi connectivity index (χ0n) is 19.3. The summed E-state index contributed by atoms with van der Waals surface area (Å²) in [6, 6.07) is 8.40. The average Bonchev–Trinajstić information content (AvgIpc) is 3.18. The lowest BCUT2D eigenvalue weighted by Gasteiger charge is -2.36. The van der Waals surface area contributed by atoms with E-state index in [1.165, 1.54) is 12.0 Å². The van der Waals surface area contributed by atoms with Crippen molar-refractivity contribution in [1.82, 2.24) is 24.9 Å². The summed E-state index contributed by atoms with van der Waals surface area (Å²) in [5.41, 5.74) is 5.09. The molecule has 2 fully saturated rings. The molecule has 1 aromatic carbocycles. The molecule has 7 heteroatoms. The third-order valence-corrected chi connectivity index (χ3v) is 7.00. The first kappa shape index (κ1) is 20.9. The minimum absolute atomic E-state index is 0.0280. The molecule has 0 bridgehead atoms. The van der Waals surface area contributed by atoms with Crippen molar-refractivity contribution >= 4 is 22.6 Å². The monoisotopic (exact) mass is 432 g/mol. The second kappa shape index (κ2) is 8.52. The smallest absolute Gasteiger partial charge is 0.227 e. The van der Waals surface area contributed by atoms with Gasteiger partial charge in [-0.3, -0.25) is 4.79 Å². The van der Waals surface area contributed by atoms with E-state index in [4.69, 9.17) is 5.10 Å². The topological polar surface area (TPSA) is 67.2 Å². The van der Waals surface area contributed by atoms with E-state index in [-0.39, 0.29) is 5.92 Å². The SMILES string of the molecule is Cc1ccc(-n2nc3c(N4CCCC(C(=O)N5CCCCC5)C4)nnc(C)c3c2C)cc1. The molecule has 7 nitrogen and oxygen atoms in total. The summed E-state index contributed by atoms with van der Waals surface area (Å²) in [6.07, 6.45) is 5.43. The van der Waals surface area contributed by atoms with Crippen molar-refractivity contribution in [2.24, 2.45) is 5.92 Å². The molecule has 0 saturated carbocycles. The molecule has 2 aliphatic rings. The number of aromatic nitrogens is 4. The van der Waals surface area contributed by atoms with Gasteiger partial charge in [-0.05, 0) is 65.0 Å². The van der Waals surface area contributed by atoms with Gasteiger partial charge in [0.05, 0.1) is 28.4 Å². The van der Waals surface area contributed by atoms with E-state index in [1.54, 1.807) is 0 Å². The maximum Gasteiger partial charge on any atom is 0.227 e. The molecule has 1 unspecified atom stereocenters. The summed E-state index contributed by atoms with van der Waals surface area (Å²) in [5.74, 6) is 1.14. The van der Waals surface area contributed by atoms with Crippen molar-refractivity contribution in [2.45, 2.75) is 52.9 Å². The van der Waals surface area contributed by atoms with E-state index in [2.05, 4.69) is 58.1 Å². The Bertz CT molecular complexity index is 1130. The van der Waals surface area contributed by atoms with Crippen LogP contribution in [0.2, 0.25) is 0 Å². The fraction of sp³-hybridized carbons (Fsp3) is 0.520. The number of carbonyl (C=O) groups is 1. The molecular weight excluding hydrogens is 400 g/mol. The van der Waals surface area contributed by atoms with Crippen LogP contribution in [0.4, 0.5) is 5.82 Å². The second-order valence-corrected chi connectivity index (χ2v) is 9.34. The summed E-state index contributed by atoms with van der Waals surface area (Å²) in [6.45, 7) is 9.56. The van der Waals surface area contributed by atoms with Crippen LogP contribution in [-0.2, 0) is 4.79 Å². The van der Waals surface area contributed by atoms with Crippen LogP contribution < -0.4 is 4.90 Å². The highest BCUT2D eigenvalue weighted by Gasteiger charge is 2.32. The van der Waals surface area contributed by atoms with Gasteiger partial charge in [0.2, 0.25) is 5.91 Å². The number of hydrogen-bond donors (Lipinski definition) is 0. The quantitative estimate of drug-likeness (QED) is 0.627. The van der Waals surface area contributed by atoms with Crippen LogP contribution in [0.25, 0.3) is 16.6 Å². The first-order valence-electron chi connectivity index (χ1n) is 11.9. The number of rotatable bonds is 3. The molecule has 1 atom stereocenters. The van der Waals surface area contributed by atoms with Gasteiger partial charge in [-0.25, -0.2) is 4.68 Å². The van der Waals surface area contributed by atoms with Gasteiger partial charge >= 0.3 is 0 Å². The Morgan fingerprint density at radius 1 is 0.938 bits per heavy atom. The first-order valence-corrected chi connectivity index (χ1v) is 11.9. The van der Waals surface area contributed by atoms with Crippen molar-refractivity contribution in [2.75, 3.05) is 31.1 Å². The molecule has 0 spiro atoms. The van der Waals surface area contributed by atoms with Gasteiger partial charge in [0.15, 0.2) is 5.82 Å². The molecule has 3 aromatic rings. The number of anilines is 1. The lowest BCUT2D eigenvalue weighted by atomic mass is 9.95. The largest absolute Gasteiger partial charge is 0.352 e. The van der Waals surface area contributed by atoms with Gasteiger partial charge in [0, 0.05) is 26.2 Å². The summed E-state index contributed by atoms with van der Waals surface area (Å²) < 4.78 is 1.99. The fourth-order valence-electron chi connectivity index (χ4n) is 5.21. The normalized spacial score (nSPS) is 19.5. The minimum atomic E-state index is 0.0280. The summed E-state index contributed by atoms with van der Waals surface area (Å²) in [4.78, 5) is 17.5. The summed E-state index contributed by atoms with van der Waals surface area (Å²) in [5, 5.41) is 15.1. The van der Waals surface area contributed by atoms with Gasteiger partial charge in [-0.1, -0.05) is 17.7 Å². The highest BCUT2D eigenvalue weighted by atomic mass is 16.2. The van der Waals surface area contributed by atoms with Gasteiger partial charge in [0.1, 0.15) is 5.52 Å². The van der Waals surface area contributed by atoms with Crippen molar-refractivity contribution in [1.29, 1.82) is 0 Å². The standard InChI is InChI=1S/C25H32N6O/c1-17-9-11-21(12-10-17)31-19(3)22-18(2)26-27-24(23(22)28-31)30-15-7-8-20(16-30)25(32)29-13-5-4-6-14-29/h9-12,20H,4-8,13-16H2,1-3H3. The predicted octanol–water partition coefficient (Wildman–Crippen LogP) is 3.97. The van der Waals surface area contributed by atoms with Crippen LogP contribution >= 0.6 is 0 Å². The zero-order chi connectivity index (χ0) is 22.2. The molecule has 0 radical (unpaired) electrons. The molecule has 2 saturated heterocycles. The number of benzene rings is 1. The number of piperidine rings is 2. The number of amides is 1. The molecule has 2 aromatic heterocycles. The van der Waals surface area contributed by atoms with Crippen LogP contribution in [0.15, 0.2) is 24.3 Å². The maximum atomic E-state index is 13.2. The van der Waals surface area contributed by atoms with Crippen LogP contribution in [0.1, 0.15) is 49.1 Å². The summed E-state index contributed by atoms with van der Waals surface area (Å²) >= 11 is 0. The van der Waals surface area contributed by atoms with E-state index in [9.17, 15) is 4.79 Å². The second-order valence-electron chi connectivity index (χ2n) is 9.34. The Morgan fingerprint density at radius 3 is 2.44 bits per heavy atom. The van der Waals surface area contributed by atoms with E-state index in [0.717, 1.165) is 79.1 Å². The van der Waals surface area contributed by atoms with Crippen LogP contribution in [0.5, 0.6) is 0 Å². The maximum absolute atomic E-state index is 13.2. The number of fused-ring (bicyclic) bond motifs is 1. The van der Waals surface area contributed by atoms with Crippen LogP contribution in [-0.4, -0.2) is 57.0 Å². The van der Waals surface area contributed by atoms with Gasteiger partial charge in [0.25, 0.3) is 0 Å². The average molecular weight is 433 g/mol. The minimum Gasteiger partial charge on any atom is -0.352 e. The Morgan fingerprint density at radius 2 is 1.69 bits per heavy atom. The third kappa shape index (κ3) is 3.74. The van der Waals surface area contributed by atoms with Gasteiger partial charge in [-0.2, -0.15) is 10.2 Å². The Hall–Kier alpha value is -2.96. The Balaban J connectivity index is 1.48. The van der Waals surface area contributed by atoms with E-state index in [1.807, 2.05) is 11.6 Å². The molecule has 4 heterocycles. The van der Waals surface area contributed by atoms with E-state index in [0.29, 0.717) is 12.5 Å². The fourth-order valence-corrected chi connectivity index (χ4v) is 5.21.